The maximum atomic E-state index is 11.8. The van der Waals surface area contributed by atoms with E-state index < -0.39 is 5.97 Å². The number of thiazole rings is 1. The lowest BCUT2D eigenvalue weighted by Gasteiger charge is -2.06. The van der Waals surface area contributed by atoms with Gasteiger partial charge in [0.2, 0.25) is 5.91 Å². The second-order valence-electron chi connectivity index (χ2n) is 4.31. The number of hydrogen-bond donors (Lipinski definition) is 2. The van der Waals surface area contributed by atoms with Crippen LogP contribution >= 0.6 is 11.3 Å². The molecule has 0 saturated heterocycles. The molecule has 0 aliphatic heterocycles. The van der Waals surface area contributed by atoms with E-state index in [1.807, 2.05) is 13.8 Å². The number of aromatic carboxylic acids is 1. The van der Waals surface area contributed by atoms with Gasteiger partial charge in [0, 0.05) is 5.92 Å². The lowest BCUT2D eigenvalue weighted by atomic mass is 10.1. The molecule has 100 valence electrons. The van der Waals surface area contributed by atoms with Crippen molar-refractivity contribution >= 4 is 38.6 Å². The van der Waals surface area contributed by atoms with E-state index in [1.165, 1.54) is 17.4 Å². The van der Waals surface area contributed by atoms with Crippen LogP contribution in [0.2, 0.25) is 0 Å². The predicted octanol–water partition coefficient (Wildman–Crippen LogP) is 2.98. The molecule has 0 fully saturated rings. The van der Waals surface area contributed by atoms with Crippen LogP contribution in [0, 0.1) is 5.92 Å². The van der Waals surface area contributed by atoms with Gasteiger partial charge >= 0.3 is 5.97 Å². The van der Waals surface area contributed by atoms with Gasteiger partial charge in [-0.25, -0.2) is 9.78 Å². The van der Waals surface area contributed by atoms with E-state index in [-0.39, 0.29) is 17.4 Å². The molecule has 1 aromatic heterocycles. The molecule has 1 atom stereocenters. The summed E-state index contributed by atoms with van der Waals surface area (Å²) in [6.45, 7) is 3.80. The van der Waals surface area contributed by atoms with Crippen molar-refractivity contribution in [3.63, 3.8) is 0 Å². The molecule has 1 heterocycles. The molecule has 19 heavy (non-hydrogen) atoms. The highest BCUT2D eigenvalue weighted by atomic mass is 32.1. The first-order chi connectivity index (χ1) is 9.01. The molecule has 2 aromatic rings. The first kappa shape index (κ1) is 13.5. The Bertz CT molecular complexity index is 636. The summed E-state index contributed by atoms with van der Waals surface area (Å²) >= 11 is 1.28. The molecule has 1 amide bonds. The maximum absolute atomic E-state index is 11.8. The lowest BCUT2D eigenvalue weighted by molar-refractivity contribution is -0.119. The fourth-order valence-electron chi connectivity index (χ4n) is 1.53. The summed E-state index contributed by atoms with van der Waals surface area (Å²) in [5, 5.41) is 12.2. The summed E-state index contributed by atoms with van der Waals surface area (Å²) in [6, 6.07) is 4.72. The zero-order valence-corrected chi connectivity index (χ0v) is 11.5. The average Bonchev–Trinajstić information content (AvgIpc) is 2.78. The van der Waals surface area contributed by atoms with Gasteiger partial charge < -0.3 is 10.4 Å². The number of aromatic nitrogens is 1. The van der Waals surface area contributed by atoms with Crippen LogP contribution in [-0.4, -0.2) is 22.0 Å². The smallest absolute Gasteiger partial charge is 0.335 e. The number of carboxylic acid groups (broad SMARTS) is 1. The second-order valence-corrected chi connectivity index (χ2v) is 5.34. The van der Waals surface area contributed by atoms with Crippen molar-refractivity contribution in [2.45, 2.75) is 20.3 Å². The van der Waals surface area contributed by atoms with Crippen LogP contribution in [0.4, 0.5) is 5.13 Å². The van der Waals surface area contributed by atoms with Crippen LogP contribution in [0.15, 0.2) is 18.2 Å². The minimum Gasteiger partial charge on any atom is -0.478 e. The third kappa shape index (κ3) is 2.90. The second kappa shape index (κ2) is 5.36. The molecule has 6 heteroatoms. The highest BCUT2D eigenvalue weighted by Crippen LogP contribution is 2.27. The van der Waals surface area contributed by atoms with Gasteiger partial charge in [-0.1, -0.05) is 25.2 Å². The average molecular weight is 278 g/mol. The molecule has 2 N–H and O–H groups in total. The Morgan fingerprint density at radius 2 is 2.21 bits per heavy atom. The summed E-state index contributed by atoms with van der Waals surface area (Å²) in [5.41, 5.74) is 0.908. The van der Waals surface area contributed by atoms with Crippen LogP contribution in [0.25, 0.3) is 10.2 Å². The number of carbonyl (C=O) groups is 2. The van der Waals surface area contributed by atoms with Crippen LogP contribution in [0.3, 0.4) is 0 Å². The van der Waals surface area contributed by atoms with Crippen LogP contribution in [-0.2, 0) is 4.79 Å². The van der Waals surface area contributed by atoms with E-state index >= 15 is 0 Å². The van der Waals surface area contributed by atoms with Gasteiger partial charge in [0.15, 0.2) is 5.13 Å². The van der Waals surface area contributed by atoms with Crippen LogP contribution in [0.1, 0.15) is 30.6 Å². The van der Waals surface area contributed by atoms with E-state index in [0.29, 0.717) is 10.6 Å². The lowest BCUT2D eigenvalue weighted by Crippen LogP contribution is -2.19. The Kier molecular flexibility index (Phi) is 3.80. The predicted molar refractivity (Wildman–Crippen MR) is 74.7 cm³/mol. The molecule has 0 aliphatic rings. The van der Waals surface area contributed by atoms with Crippen molar-refractivity contribution in [2.75, 3.05) is 5.32 Å². The number of nitrogens with zero attached hydrogens (tertiary/aromatic N) is 1. The van der Waals surface area contributed by atoms with Crippen molar-refractivity contribution in [3.05, 3.63) is 23.8 Å². The number of rotatable bonds is 4. The minimum atomic E-state index is -0.972. The number of benzene rings is 1. The number of hydrogen-bond acceptors (Lipinski definition) is 4. The molecule has 0 bridgehead atoms. The largest absolute Gasteiger partial charge is 0.478 e. The molecule has 1 aromatic carbocycles. The Labute approximate surface area is 114 Å². The number of carboxylic acids is 1. The molecule has 5 nitrogen and oxygen atoms in total. The normalized spacial score (nSPS) is 12.3. The molecule has 1 unspecified atom stereocenters. The molecule has 0 aliphatic carbocycles. The Morgan fingerprint density at radius 1 is 1.47 bits per heavy atom. The fraction of sp³-hybridized carbons (Fsp3) is 0.308. The topological polar surface area (TPSA) is 79.3 Å². The zero-order valence-electron chi connectivity index (χ0n) is 10.6. The van der Waals surface area contributed by atoms with E-state index in [2.05, 4.69) is 10.3 Å². The van der Waals surface area contributed by atoms with Gasteiger partial charge in [-0.3, -0.25) is 4.79 Å². The number of carbonyl (C=O) groups excluding carboxylic acids is 1. The Morgan fingerprint density at radius 3 is 2.84 bits per heavy atom. The third-order valence-corrected chi connectivity index (χ3v) is 3.86. The van der Waals surface area contributed by atoms with Gasteiger partial charge in [0.1, 0.15) is 0 Å². The van der Waals surface area contributed by atoms with Crippen molar-refractivity contribution in [3.8, 4) is 0 Å². The highest BCUT2D eigenvalue weighted by Gasteiger charge is 2.14. The van der Waals surface area contributed by atoms with E-state index in [1.54, 1.807) is 12.1 Å². The summed E-state index contributed by atoms with van der Waals surface area (Å²) in [6.07, 6.45) is 0.764. The Balaban J connectivity index is 2.26. The van der Waals surface area contributed by atoms with Crippen LogP contribution in [0.5, 0.6) is 0 Å². The van der Waals surface area contributed by atoms with Crippen molar-refractivity contribution in [1.82, 2.24) is 4.98 Å². The quantitative estimate of drug-likeness (QED) is 0.901. The first-order valence-corrected chi connectivity index (χ1v) is 6.77. The number of amides is 1. The SMILES string of the molecule is CCC(C)C(=O)Nc1nc2ccc(C(=O)O)cc2s1. The first-order valence-electron chi connectivity index (χ1n) is 5.96. The Hall–Kier alpha value is -1.95. The summed E-state index contributed by atoms with van der Waals surface area (Å²) in [7, 11) is 0. The molecule has 0 spiro atoms. The van der Waals surface area contributed by atoms with Gasteiger partial charge in [-0.2, -0.15) is 0 Å². The van der Waals surface area contributed by atoms with Crippen molar-refractivity contribution in [2.24, 2.45) is 5.92 Å². The fourth-order valence-corrected chi connectivity index (χ4v) is 2.43. The molecular weight excluding hydrogens is 264 g/mol. The molecule has 2 rings (SSSR count). The third-order valence-electron chi connectivity index (χ3n) is 2.93. The van der Waals surface area contributed by atoms with E-state index in [0.717, 1.165) is 11.1 Å². The van der Waals surface area contributed by atoms with Gasteiger partial charge in [0.25, 0.3) is 0 Å². The maximum Gasteiger partial charge on any atom is 0.335 e. The van der Waals surface area contributed by atoms with Gasteiger partial charge in [-0.15, -0.1) is 0 Å². The number of fused-ring (bicyclic) bond motifs is 1. The van der Waals surface area contributed by atoms with E-state index in [9.17, 15) is 9.59 Å². The van der Waals surface area contributed by atoms with E-state index in [4.69, 9.17) is 5.11 Å². The zero-order chi connectivity index (χ0) is 14.0. The summed E-state index contributed by atoms with van der Waals surface area (Å²) in [5.74, 6) is -1.11. The van der Waals surface area contributed by atoms with Gasteiger partial charge in [0.05, 0.1) is 15.8 Å². The molecule has 0 saturated carbocycles. The minimum absolute atomic E-state index is 0.0680. The summed E-state index contributed by atoms with van der Waals surface area (Å²) in [4.78, 5) is 26.9. The highest BCUT2D eigenvalue weighted by molar-refractivity contribution is 7.22. The van der Waals surface area contributed by atoms with Crippen molar-refractivity contribution < 1.29 is 14.7 Å². The summed E-state index contributed by atoms with van der Waals surface area (Å²) < 4.78 is 0.749. The van der Waals surface area contributed by atoms with Crippen LogP contribution < -0.4 is 5.32 Å². The number of nitrogens with one attached hydrogen (secondary N) is 1. The number of anilines is 1. The van der Waals surface area contributed by atoms with Crippen molar-refractivity contribution in [1.29, 1.82) is 0 Å². The van der Waals surface area contributed by atoms with Gasteiger partial charge in [-0.05, 0) is 24.6 Å². The molecule has 0 radical (unpaired) electrons. The monoisotopic (exact) mass is 278 g/mol. The molecular formula is C13H14N2O3S. The standard InChI is InChI=1S/C13H14N2O3S/c1-3-7(2)11(16)15-13-14-9-5-4-8(12(17)18)6-10(9)19-13/h4-7H,3H2,1-2H3,(H,17,18)(H,14,15,16).